The average molecular weight is 415 g/mol. The van der Waals surface area contributed by atoms with Gasteiger partial charge in [-0.05, 0) is 50.8 Å². The molecule has 0 unspecified atom stereocenters. The Morgan fingerprint density at radius 3 is 2.24 bits per heavy atom. The van der Waals surface area contributed by atoms with E-state index < -0.39 is 10.0 Å². The first-order valence-electron chi connectivity index (χ1n) is 10.2. The molecule has 0 bridgehead atoms. The fraction of sp³-hybridized carbons (Fsp3) is 0.435. The molecule has 0 aliphatic carbocycles. The molecule has 0 saturated carbocycles. The van der Waals surface area contributed by atoms with Gasteiger partial charge >= 0.3 is 0 Å². The van der Waals surface area contributed by atoms with Crippen LogP contribution in [0.1, 0.15) is 48.9 Å². The highest BCUT2D eigenvalue weighted by molar-refractivity contribution is 7.89. The molecule has 2 aromatic carbocycles. The smallest absolute Gasteiger partial charge is 0.243 e. The first-order valence-corrected chi connectivity index (χ1v) is 11.7. The number of piperidine rings is 1. The quantitative estimate of drug-likeness (QED) is 0.778. The Morgan fingerprint density at radius 2 is 1.66 bits per heavy atom. The number of hydrogen-bond donors (Lipinski definition) is 1. The summed E-state index contributed by atoms with van der Waals surface area (Å²) in [5.41, 5.74) is 3.27. The Kier molecular flexibility index (Phi) is 6.75. The number of aryl methyl sites for hydroxylation is 2. The second kappa shape index (κ2) is 9.09. The molecule has 1 aliphatic heterocycles. The minimum absolute atomic E-state index is 0.0628. The van der Waals surface area contributed by atoms with E-state index in [1.807, 2.05) is 45.0 Å². The monoisotopic (exact) mass is 414 g/mol. The third kappa shape index (κ3) is 5.06. The molecule has 2 atom stereocenters. The standard InChI is InChI=1S/C23H30N2O3S/c1-4-22(19-11-7-17(2)8-12-19)24-23(26)20-6-5-15-25(16-20)29(27,28)21-13-9-18(3)10-14-21/h7-14,20,22H,4-6,15-16H2,1-3H3,(H,24,26)/t20-,22-/m1/s1. The SMILES string of the molecule is CC[C@@H](NC(=O)[C@@H]1CCCN(S(=O)(=O)c2ccc(C)cc2)C1)c1ccc(C)cc1. The number of nitrogens with one attached hydrogen (secondary N) is 1. The molecule has 0 spiro atoms. The number of benzene rings is 2. The van der Waals surface area contributed by atoms with Gasteiger partial charge in [-0.25, -0.2) is 8.42 Å². The lowest BCUT2D eigenvalue weighted by atomic mass is 9.97. The van der Waals surface area contributed by atoms with Crippen LogP contribution in [-0.4, -0.2) is 31.7 Å². The molecule has 1 aliphatic rings. The van der Waals surface area contributed by atoms with Gasteiger partial charge in [0.2, 0.25) is 15.9 Å². The van der Waals surface area contributed by atoms with Crippen molar-refractivity contribution in [3.63, 3.8) is 0 Å². The van der Waals surface area contributed by atoms with E-state index in [2.05, 4.69) is 5.32 Å². The van der Waals surface area contributed by atoms with Gasteiger partial charge in [0.1, 0.15) is 0 Å². The number of hydrogen-bond acceptors (Lipinski definition) is 3. The summed E-state index contributed by atoms with van der Waals surface area (Å²) in [5, 5.41) is 3.13. The predicted molar refractivity (Wildman–Crippen MR) is 115 cm³/mol. The van der Waals surface area contributed by atoms with Crippen molar-refractivity contribution >= 4 is 15.9 Å². The summed E-state index contributed by atoms with van der Waals surface area (Å²) in [6, 6.07) is 15.0. The van der Waals surface area contributed by atoms with Crippen molar-refractivity contribution in [1.82, 2.24) is 9.62 Å². The van der Waals surface area contributed by atoms with Crippen LogP contribution >= 0.6 is 0 Å². The zero-order valence-electron chi connectivity index (χ0n) is 17.4. The van der Waals surface area contributed by atoms with Gasteiger partial charge in [-0.1, -0.05) is 54.4 Å². The van der Waals surface area contributed by atoms with E-state index in [1.54, 1.807) is 24.3 Å². The number of amides is 1. The van der Waals surface area contributed by atoms with Gasteiger partial charge in [0, 0.05) is 13.1 Å². The lowest BCUT2D eigenvalue weighted by Gasteiger charge is -2.32. The molecule has 0 aromatic heterocycles. The van der Waals surface area contributed by atoms with Crippen LogP contribution in [0.5, 0.6) is 0 Å². The Hall–Kier alpha value is -2.18. The lowest BCUT2D eigenvalue weighted by Crippen LogP contribution is -2.46. The van der Waals surface area contributed by atoms with Crippen LogP contribution in [0.3, 0.4) is 0 Å². The summed E-state index contributed by atoms with van der Waals surface area (Å²) < 4.78 is 27.4. The van der Waals surface area contributed by atoms with Crippen molar-refractivity contribution in [2.75, 3.05) is 13.1 Å². The van der Waals surface area contributed by atoms with Crippen molar-refractivity contribution in [3.05, 3.63) is 65.2 Å². The summed E-state index contributed by atoms with van der Waals surface area (Å²) in [4.78, 5) is 13.2. The Balaban J connectivity index is 1.70. The van der Waals surface area contributed by atoms with Crippen LogP contribution in [0.2, 0.25) is 0 Å². The second-order valence-electron chi connectivity index (χ2n) is 7.90. The molecule has 1 heterocycles. The largest absolute Gasteiger partial charge is 0.349 e. The van der Waals surface area contributed by atoms with Gasteiger partial charge in [-0.3, -0.25) is 4.79 Å². The molecular weight excluding hydrogens is 384 g/mol. The summed E-state index contributed by atoms with van der Waals surface area (Å²) in [7, 11) is -3.58. The summed E-state index contributed by atoms with van der Waals surface area (Å²) >= 11 is 0. The maximum absolute atomic E-state index is 13.0. The molecule has 6 heteroatoms. The minimum atomic E-state index is -3.58. The number of carbonyl (C=O) groups is 1. The lowest BCUT2D eigenvalue weighted by molar-refractivity contribution is -0.126. The van der Waals surface area contributed by atoms with E-state index in [9.17, 15) is 13.2 Å². The molecular formula is C23H30N2O3S. The zero-order chi connectivity index (χ0) is 21.0. The summed E-state index contributed by atoms with van der Waals surface area (Å²) in [5.74, 6) is -0.398. The van der Waals surface area contributed by atoms with Crippen LogP contribution in [-0.2, 0) is 14.8 Å². The maximum atomic E-state index is 13.0. The topological polar surface area (TPSA) is 66.5 Å². The van der Waals surface area contributed by atoms with Crippen molar-refractivity contribution in [1.29, 1.82) is 0 Å². The molecule has 29 heavy (non-hydrogen) atoms. The van der Waals surface area contributed by atoms with Crippen LogP contribution < -0.4 is 5.32 Å². The first-order chi connectivity index (χ1) is 13.8. The Labute approximate surface area is 174 Å². The highest BCUT2D eigenvalue weighted by Crippen LogP contribution is 2.25. The van der Waals surface area contributed by atoms with Crippen LogP contribution in [0.15, 0.2) is 53.4 Å². The van der Waals surface area contributed by atoms with Crippen LogP contribution in [0, 0.1) is 19.8 Å². The van der Waals surface area contributed by atoms with Gasteiger partial charge in [0.15, 0.2) is 0 Å². The zero-order valence-corrected chi connectivity index (χ0v) is 18.2. The number of nitrogens with zero attached hydrogens (tertiary/aromatic N) is 1. The van der Waals surface area contributed by atoms with E-state index in [0.717, 1.165) is 17.5 Å². The van der Waals surface area contributed by atoms with E-state index in [0.29, 0.717) is 19.4 Å². The molecule has 1 amide bonds. The molecule has 1 N–H and O–H groups in total. The third-order valence-electron chi connectivity index (χ3n) is 5.62. The fourth-order valence-electron chi connectivity index (χ4n) is 3.74. The van der Waals surface area contributed by atoms with E-state index in [4.69, 9.17) is 0 Å². The highest BCUT2D eigenvalue weighted by atomic mass is 32.2. The molecule has 3 rings (SSSR count). The highest BCUT2D eigenvalue weighted by Gasteiger charge is 2.33. The normalized spacial score (nSPS) is 18.9. The van der Waals surface area contributed by atoms with Gasteiger partial charge in [0.05, 0.1) is 16.9 Å². The first kappa shape index (κ1) is 21.5. The predicted octanol–water partition coefficient (Wildman–Crippen LogP) is 3.97. The average Bonchev–Trinajstić information content (AvgIpc) is 2.73. The van der Waals surface area contributed by atoms with Gasteiger partial charge < -0.3 is 5.32 Å². The molecule has 1 saturated heterocycles. The van der Waals surface area contributed by atoms with Gasteiger partial charge in [-0.2, -0.15) is 4.31 Å². The third-order valence-corrected chi connectivity index (χ3v) is 7.50. The number of rotatable bonds is 6. The van der Waals surface area contributed by atoms with Crippen molar-refractivity contribution in [3.8, 4) is 0 Å². The van der Waals surface area contributed by atoms with Gasteiger partial charge in [0.25, 0.3) is 0 Å². The second-order valence-corrected chi connectivity index (χ2v) is 9.83. The molecule has 0 radical (unpaired) electrons. The summed E-state index contributed by atoms with van der Waals surface area (Å²) in [6.45, 7) is 6.69. The van der Waals surface area contributed by atoms with Crippen molar-refractivity contribution in [2.24, 2.45) is 5.92 Å². The van der Waals surface area contributed by atoms with Crippen LogP contribution in [0.4, 0.5) is 0 Å². The van der Waals surface area contributed by atoms with E-state index in [1.165, 1.54) is 9.87 Å². The summed E-state index contributed by atoms with van der Waals surface area (Å²) in [6.07, 6.45) is 2.17. The van der Waals surface area contributed by atoms with Crippen molar-refractivity contribution in [2.45, 2.75) is 51.0 Å². The van der Waals surface area contributed by atoms with E-state index >= 15 is 0 Å². The van der Waals surface area contributed by atoms with E-state index in [-0.39, 0.29) is 29.3 Å². The fourth-order valence-corrected chi connectivity index (χ4v) is 5.27. The minimum Gasteiger partial charge on any atom is -0.349 e. The van der Waals surface area contributed by atoms with Gasteiger partial charge in [-0.15, -0.1) is 0 Å². The molecule has 156 valence electrons. The maximum Gasteiger partial charge on any atom is 0.243 e. The van der Waals surface area contributed by atoms with Crippen LogP contribution in [0.25, 0.3) is 0 Å². The molecule has 1 fully saturated rings. The number of carbonyl (C=O) groups excluding carboxylic acids is 1. The Bertz CT molecular complexity index is 937. The number of sulfonamides is 1. The van der Waals surface area contributed by atoms with Crippen molar-refractivity contribution < 1.29 is 13.2 Å². The molecule has 5 nitrogen and oxygen atoms in total. The Morgan fingerprint density at radius 1 is 1.07 bits per heavy atom. The molecule has 2 aromatic rings.